The van der Waals surface area contributed by atoms with Gasteiger partial charge >= 0.3 is 0 Å². The first-order valence-electron chi connectivity index (χ1n) is 8.48. The van der Waals surface area contributed by atoms with E-state index in [0.29, 0.717) is 18.4 Å². The monoisotopic (exact) mass is 314 g/mol. The van der Waals surface area contributed by atoms with Gasteiger partial charge in [0.1, 0.15) is 12.3 Å². The first kappa shape index (κ1) is 16.0. The molecule has 23 heavy (non-hydrogen) atoms. The molecule has 4 N–H and O–H groups in total. The molecule has 0 aromatic heterocycles. The molecule has 1 aliphatic carbocycles. The summed E-state index contributed by atoms with van der Waals surface area (Å²) in [4.78, 5) is 13.7. The number of hydrogen-bond acceptors (Lipinski definition) is 3. The van der Waals surface area contributed by atoms with E-state index in [1.165, 1.54) is 19.3 Å². The van der Waals surface area contributed by atoms with Gasteiger partial charge in [-0.15, -0.1) is 0 Å². The zero-order valence-electron chi connectivity index (χ0n) is 13.7. The molecule has 5 nitrogen and oxygen atoms in total. The Kier molecular flexibility index (Phi) is 4.39. The number of likely N-dealkylation sites (N-methyl/N-ethyl adjacent to an activating group) is 1. The minimum Gasteiger partial charge on any atom is -0.344 e. The second-order valence-corrected chi connectivity index (χ2v) is 6.73. The molecule has 124 valence electrons. The summed E-state index contributed by atoms with van der Waals surface area (Å²) in [6.07, 6.45) is 6.78. The van der Waals surface area contributed by atoms with Gasteiger partial charge in [0.15, 0.2) is 5.96 Å². The van der Waals surface area contributed by atoms with Gasteiger partial charge in [-0.25, -0.2) is 0 Å². The lowest BCUT2D eigenvalue weighted by atomic mass is 9.67. The fraction of sp³-hybridized carbons (Fsp3) is 0.556. The summed E-state index contributed by atoms with van der Waals surface area (Å²) in [5, 5.41) is 11.7. The average Bonchev–Trinajstić information content (AvgIpc) is 2.87. The smallest absolute Gasteiger partial charge is 0.192 e. The van der Waals surface area contributed by atoms with Crippen molar-refractivity contribution in [3.05, 3.63) is 35.4 Å². The number of guanidine groups is 1. The Labute approximate surface area is 137 Å². The summed E-state index contributed by atoms with van der Waals surface area (Å²) in [6.45, 7) is 0.439. The van der Waals surface area contributed by atoms with Gasteiger partial charge in [0.25, 0.3) is 0 Å². The molecule has 0 radical (unpaired) electrons. The lowest BCUT2D eigenvalue weighted by molar-refractivity contribution is -0.113. The van der Waals surface area contributed by atoms with Gasteiger partial charge in [0.2, 0.25) is 0 Å². The fourth-order valence-electron chi connectivity index (χ4n) is 4.45. The number of rotatable bonds is 4. The van der Waals surface area contributed by atoms with Crippen LogP contribution in [-0.4, -0.2) is 30.2 Å². The SMILES string of the molecule is CN1C(=N)NC(c2ccccc2CN)(C2CCCCC2)C1C=O. The number of aldehydes is 1. The lowest BCUT2D eigenvalue weighted by Gasteiger charge is -2.43. The van der Waals surface area contributed by atoms with Crippen LogP contribution in [0, 0.1) is 11.3 Å². The summed E-state index contributed by atoms with van der Waals surface area (Å²) in [5.74, 6) is 0.656. The van der Waals surface area contributed by atoms with E-state index in [-0.39, 0.29) is 6.04 Å². The van der Waals surface area contributed by atoms with Crippen molar-refractivity contribution in [3.8, 4) is 0 Å². The molecular weight excluding hydrogens is 288 g/mol. The lowest BCUT2D eigenvalue weighted by Crippen LogP contribution is -2.54. The van der Waals surface area contributed by atoms with E-state index in [4.69, 9.17) is 11.1 Å². The zero-order chi connectivity index (χ0) is 16.4. The van der Waals surface area contributed by atoms with Gasteiger partial charge in [-0.3, -0.25) is 5.41 Å². The molecule has 1 saturated carbocycles. The van der Waals surface area contributed by atoms with Crippen LogP contribution < -0.4 is 11.1 Å². The Morgan fingerprint density at radius 2 is 2.04 bits per heavy atom. The first-order valence-corrected chi connectivity index (χ1v) is 8.48. The molecule has 2 aliphatic rings. The van der Waals surface area contributed by atoms with Crippen molar-refractivity contribution in [3.63, 3.8) is 0 Å². The van der Waals surface area contributed by atoms with Gasteiger partial charge < -0.3 is 20.7 Å². The predicted molar refractivity (Wildman–Crippen MR) is 91.1 cm³/mol. The standard InChI is InChI=1S/C18H26N4O/c1-22-16(12-23)18(21-17(22)20,14-8-3-2-4-9-14)15-10-6-5-7-13(15)11-19/h5-7,10,12,14,16H,2-4,8-9,11,19H2,1H3,(H2,20,21). The van der Waals surface area contributed by atoms with E-state index in [9.17, 15) is 4.79 Å². The molecule has 2 atom stereocenters. The van der Waals surface area contributed by atoms with E-state index in [1.54, 1.807) is 4.90 Å². The molecule has 1 heterocycles. The molecule has 1 saturated heterocycles. The molecule has 1 aliphatic heterocycles. The normalized spacial score (nSPS) is 28.7. The van der Waals surface area contributed by atoms with Crippen molar-refractivity contribution < 1.29 is 4.79 Å². The second-order valence-electron chi connectivity index (χ2n) is 6.73. The topological polar surface area (TPSA) is 82.2 Å². The largest absolute Gasteiger partial charge is 0.344 e. The molecule has 1 aromatic carbocycles. The van der Waals surface area contributed by atoms with Crippen LogP contribution >= 0.6 is 0 Å². The first-order chi connectivity index (χ1) is 11.1. The van der Waals surface area contributed by atoms with E-state index in [0.717, 1.165) is 30.3 Å². The van der Waals surface area contributed by atoms with E-state index in [1.807, 2.05) is 25.2 Å². The van der Waals surface area contributed by atoms with Gasteiger partial charge in [-0.1, -0.05) is 43.5 Å². The van der Waals surface area contributed by atoms with E-state index in [2.05, 4.69) is 11.4 Å². The highest BCUT2D eigenvalue weighted by Gasteiger charge is 2.55. The van der Waals surface area contributed by atoms with Crippen LogP contribution in [0.25, 0.3) is 0 Å². The minimum atomic E-state index is -0.538. The van der Waals surface area contributed by atoms with Gasteiger partial charge in [0, 0.05) is 13.6 Å². The Bertz CT molecular complexity index is 596. The number of nitrogens with one attached hydrogen (secondary N) is 2. The van der Waals surface area contributed by atoms with Crippen LogP contribution in [0.1, 0.15) is 43.2 Å². The third kappa shape index (κ3) is 2.43. The molecule has 0 amide bonds. The van der Waals surface area contributed by atoms with Crippen LogP contribution in [0.15, 0.2) is 24.3 Å². The van der Waals surface area contributed by atoms with E-state index < -0.39 is 5.54 Å². The molecule has 5 heteroatoms. The van der Waals surface area contributed by atoms with Crippen LogP contribution in [0.4, 0.5) is 0 Å². The summed E-state index contributed by atoms with van der Waals surface area (Å²) < 4.78 is 0. The number of carbonyl (C=O) groups excluding carboxylic acids is 1. The number of carbonyl (C=O) groups is 1. The van der Waals surface area contributed by atoms with Crippen molar-refractivity contribution >= 4 is 12.2 Å². The quantitative estimate of drug-likeness (QED) is 0.742. The Hall–Kier alpha value is -1.88. The van der Waals surface area contributed by atoms with Crippen molar-refractivity contribution in [1.82, 2.24) is 10.2 Å². The Balaban J connectivity index is 2.17. The summed E-state index contributed by atoms with van der Waals surface area (Å²) in [6, 6.07) is 7.73. The van der Waals surface area contributed by atoms with E-state index >= 15 is 0 Å². The average molecular weight is 314 g/mol. The fourth-order valence-corrected chi connectivity index (χ4v) is 4.45. The Morgan fingerprint density at radius 1 is 1.35 bits per heavy atom. The number of nitrogens with two attached hydrogens (primary N) is 1. The molecule has 3 rings (SSSR count). The van der Waals surface area contributed by atoms with Crippen LogP contribution in [-0.2, 0) is 16.9 Å². The highest BCUT2D eigenvalue weighted by molar-refractivity contribution is 5.87. The second kappa shape index (κ2) is 6.32. The number of nitrogens with zero attached hydrogens (tertiary/aromatic N) is 1. The predicted octanol–water partition coefficient (Wildman–Crippen LogP) is 1.96. The Morgan fingerprint density at radius 3 is 2.70 bits per heavy atom. The van der Waals surface area contributed by atoms with Crippen molar-refractivity contribution in [1.29, 1.82) is 5.41 Å². The van der Waals surface area contributed by atoms with Gasteiger partial charge in [0.05, 0.1) is 5.54 Å². The third-order valence-electron chi connectivity index (χ3n) is 5.62. The zero-order valence-corrected chi connectivity index (χ0v) is 13.7. The molecule has 2 fully saturated rings. The van der Waals surface area contributed by atoms with Crippen LogP contribution in [0.5, 0.6) is 0 Å². The highest BCUT2D eigenvalue weighted by atomic mass is 16.1. The van der Waals surface area contributed by atoms with Crippen molar-refractivity contribution in [2.75, 3.05) is 7.05 Å². The summed E-state index contributed by atoms with van der Waals surface area (Å²) in [5.41, 5.74) is 7.58. The van der Waals surface area contributed by atoms with Crippen molar-refractivity contribution in [2.24, 2.45) is 11.7 Å². The number of benzene rings is 1. The third-order valence-corrected chi connectivity index (χ3v) is 5.62. The maximum Gasteiger partial charge on any atom is 0.192 e. The van der Waals surface area contributed by atoms with Crippen LogP contribution in [0.2, 0.25) is 0 Å². The van der Waals surface area contributed by atoms with Gasteiger partial charge in [-0.05, 0) is 29.9 Å². The highest BCUT2D eigenvalue weighted by Crippen LogP contribution is 2.46. The maximum atomic E-state index is 12.0. The number of hydrogen-bond donors (Lipinski definition) is 3. The molecule has 0 spiro atoms. The van der Waals surface area contributed by atoms with Crippen LogP contribution in [0.3, 0.4) is 0 Å². The van der Waals surface area contributed by atoms with Gasteiger partial charge in [-0.2, -0.15) is 0 Å². The summed E-state index contributed by atoms with van der Waals surface area (Å²) >= 11 is 0. The molecule has 2 unspecified atom stereocenters. The minimum absolute atomic E-state index is 0.319. The maximum absolute atomic E-state index is 12.0. The summed E-state index contributed by atoms with van der Waals surface area (Å²) in [7, 11) is 1.82. The van der Waals surface area contributed by atoms with Crippen molar-refractivity contribution in [2.45, 2.75) is 50.2 Å². The molecular formula is C18H26N4O. The molecule has 1 aromatic rings. The molecule has 0 bridgehead atoms.